The highest BCUT2D eigenvalue weighted by atomic mass is 19.1. The lowest BCUT2D eigenvalue weighted by Gasteiger charge is -2.38. The van der Waals surface area contributed by atoms with Gasteiger partial charge in [-0.05, 0) is 60.5 Å². The first-order valence-electron chi connectivity index (χ1n) is 9.85. The number of anilines is 2. The highest BCUT2D eigenvalue weighted by molar-refractivity contribution is 6.12. The summed E-state index contributed by atoms with van der Waals surface area (Å²) in [6.07, 6.45) is 1.68. The van der Waals surface area contributed by atoms with Gasteiger partial charge in [0.2, 0.25) is 0 Å². The number of carbonyl (C=O) groups excluding carboxylic acids is 1. The number of hydrogen-bond donors (Lipinski definition) is 1. The molecule has 0 saturated carbocycles. The molecule has 0 spiro atoms. The number of halogens is 1. The summed E-state index contributed by atoms with van der Waals surface area (Å²) in [5.41, 5.74) is 2.92. The van der Waals surface area contributed by atoms with Gasteiger partial charge in [-0.15, -0.1) is 0 Å². The quantitative estimate of drug-likeness (QED) is 0.543. The maximum absolute atomic E-state index is 13.4. The molecule has 1 aliphatic heterocycles. The maximum Gasteiger partial charge on any atom is 0.262 e. The normalized spacial score (nSPS) is 15.6. The zero-order valence-electron chi connectivity index (χ0n) is 16.3. The minimum Gasteiger partial charge on any atom is -0.494 e. The molecule has 0 aromatic heterocycles. The third-order valence-corrected chi connectivity index (χ3v) is 4.99. The van der Waals surface area contributed by atoms with Crippen molar-refractivity contribution in [3.63, 3.8) is 0 Å². The number of benzene rings is 3. The van der Waals surface area contributed by atoms with E-state index in [1.54, 1.807) is 23.1 Å². The molecule has 1 heterocycles. The van der Waals surface area contributed by atoms with Gasteiger partial charge in [0.05, 0.1) is 12.2 Å². The minimum absolute atomic E-state index is 0.126. The van der Waals surface area contributed by atoms with Crippen molar-refractivity contribution < 1.29 is 13.9 Å². The number of para-hydroxylation sites is 1. The van der Waals surface area contributed by atoms with E-state index in [4.69, 9.17) is 4.74 Å². The van der Waals surface area contributed by atoms with Crippen molar-refractivity contribution in [1.29, 1.82) is 0 Å². The summed E-state index contributed by atoms with van der Waals surface area (Å²) in [5.74, 6) is 0.342. The molecule has 0 aliphatic carbocycles. The van der Waals surface area contributed by atoms with Crippen molar-refractivity contribution >= 4 is 17.3 Å². The molecule has 0 unspecified atom stereocenters. The SMILES string of the molecule is CCCCOc1ccc([C@H]2Nc3ccccc3C(=O)N2c2ccc(F)cc2)cc1. The van der Waals surface area contributed by atoms with Crippen LogP contribution in [0.3, 0.4) is 0 Å². The first-order chi connectivity index (χ1) is 14.2. The topological polar surface area (TPSA) is 41.6 Å². The van der Waals surface area contributed by atoms with E-state index in [9.17, 15) is 9.18 Å². The fourth-order valence-corrected chi connectivity index (χ4v) is 3.44. The van der Waals surface area contributed by atoms with E-state index < -0.39 is 6.17 Å². The Morgan fingerprint density at radius 1 is 1.00 bits per heavy atom. The Labute approximate surface area is 169 Å². The predicted octanol–water partition coefficient (Wildman–Crippen LogP) is 5.78. The lowest BCUT2D eigenvalue weighted by atomic mass is 10.0. The number of nitrogens with one attached hydrogen (secondary N) is 1. The molecule has 0 saturated heterocycles. The number of fused-ring (bicyclic) bond motifs is 1. The molecule has 1 N–H and O–H groups in total. The van der Waals surface area contributed by atoms with E-state index in [1.807, 2.05) is 42.5 Å². The lowest BCUT2D eigenvalue weighted by Crippen LogP contribution is -2.43. The van der Waals surface area contributed by atoms with Gasteiger partial charge in [0.25, 0.3) is 5.91 Å². The summed E-state index contributed by atoms with van der Waals surface area (Å²) < 4.78 is 19.2. The van der Waals surface area contributed by atoms with Gasteiger partial charge in [0.15, 0.2) is 0 Å². The minimum atomic E-state index is -0.410. The van der Waals surface area contributed by atoms with Crippen LogP contribution in [0.5, 0.6) is 5.75 Å². The zero-order valence-corrected chi connectivity index (χ0v) is 16.3. The number of amides is 1. The summed E-state index contributed by atoms with van der Waals surface area (Å²) >= 11 is 0. The van der Waals surface area contributed by atoms with Crippen LogP contribution >= 0.6 is 0 Å². The Morgan fingerprint density at radius 3 is 2.45 bits per heavy atom. The molecule has 4 rings (SSSR count). The molecular weight excluding hydrogens is 367 g/mol. The van der Waals surface area contributed by atoms with Crippen LogP contribution in [0.25, 0.3) is 0 Å². The molecule has 3 aromatic rings. The van der Waals surface area contributed by atoms with Gasteiger partial charge < -0.3 is 10.1 Å². The number of hydrogen-bond acceptors (Lipinski definition) is 3. The zero-order chi connectivity index (χ0) is 20.2. The Hall–Kier alpha value is -3.34. The molecule has 0 fully saturated rings. The number of unbranched alkanes of at least 4 members (excludes halogenated alkanes) is 1. The third kappa shape index (κ3) is 3.94. The molecule has 0 bridgehead atoms. The molecule has 1 atom stereocenters. The largest absolute Gasteiger partial charge is 0.494 e. The van der Waals surface area contributed by atoms with E-state index in [-0.39, 0.29) is 11.7 Å². The summed E-state index contributed by atoms with van der Waals surface area (Å²) in [4.78, 5) is 15.0. The van der Waals surface area contributed by atoms with Gasteiger partial charge in [-0.25, -0.2) is 4.39 Å². The van der Waals surface area contributed by atoms with Gasteiger partial charge in [-0.1, -0.05) is 37.6 Å². The standard InChI is InChI=1S/C24H23FN2O2/c1-2-3-16-29-20-14-8-17(9-15-20)23-26-22-7-5-4-6-21(22)24(28)27(23)19-12-10-18(25)11-13-19/h4-15,23,26H,2-3,16H2,1H3/t23-/m0/s1. The van der Waals surface area contributed by atoms with Crippen LogP contribution in [0.4, 0.5) is 15.8 Å². The second kappa shape index (κ2) is 8.35. The summed E-state index contributed by atoms with van der Waals surface area (Å²) in [7, 11) is 0. The Bertz CT molecular complexity index is 987. The molecule has 29 heavy (non-hydrogen) atoms. The molecule has 3 aromatic carbocycles. The third-order valence-electron chi connectivity index (χ3n) is 4.99. The second-order valence-electron chi connectivity index (χ2n) is 7.02. The molecule has 1 aliphatic rings. The van der Waals surface area contributed by atoms with Gasteiger partial charge in [-0.2, -0.15) is 0 Å². The Morgan fingerprint density at radius 2 is 1.72 bits per heavy atom. The predicted molar refractivity (Wildman–Crippen MR) is 113 cm³/mol. The molecule has 0 radical (unpaired) electrons. The van der Waals surface area contributed by atoms with Gasteiger partial charge >= 0.3 is 0 Å². The molecular formula is C24H23FN2O2. The fourth-order valence-electron chi connectivity index (χ4n) is 3.44. The highest BCUT2D eigenvalue weighted by Crippen LogP contribution is 2.37. The summed E-state index contributed by atoms with van der Waals surface area (Å²) in [5, 5.41) is 3.45. The number of carbonyl (C=O) groups is 1. The van der Waals surface area contributed by atoms with E-state index in [2.05, 4.69) is 12.2 Å². The monoisotopic (exact) mass is 390 g/mol. The smallest absolute Gasteiger partial charge is 0.262 e. The van der Waals surface area contributed by atoms with Crippen molar-refractivity contribution in [2.24, 2.45) is 0 Å². The number of ether oxygens (including phenoxy) is 1. The van der Waals surface area contributed by atoms with Gasteiger partial charge in [0, 0.05) is 11.4 Å². The van der Waals surface area contributed by atoms with Crippen molar-refractivity contribution in [3.8, 4) is 5.75 Å². The van der Waals surface area contributed by atoms with Gasteiger partial charge in [-0.3, -0.25) is 9.69 Å². The van der Waals surface area contributed by atoms with Crippen molar-refractivity contribution in [3.05, 3.63) is 89.7 Å². The molecule has 5 heteroatoms. The first kappa shape index (κ1) is 19.0. The second-order valence-corrected chi connectivity index (χ2v) is 7.02. The van der Waals surface area contributed by atoms with E-state index >= 15 is 0 Å². The molecule has 1 amide bonds. The van der Waals surface area contributed by atoms with Crippen molar-refractivity contribution in [1.82, 2.24) is 0 Å². The van der Waals surface area contributed by atoms with Crippen LogP contribution in [0.1, 0.15) is 41.9 Å². The van der Waals surface area contributed by atoms with E-state index in [0.717, 1.165) is 29.8 Å². The van der Waals surface area contributed by atoms with Crippen LogP contribution in [0.15, 0.2) is 72.8 Å². The van der Waals surface area contributed by atoms with E-state index in [0.29, 0.717) is 17.9 Å². The van der Waals surface area contributed by atoms with Crippen LogP contribution < -0.4 is 15.0 Å². The van der Waals surface area contributed by atoms with Crippen LogP contribution in [0.2, 0.25) is 0 Å². The van der Waals surface area contributed by atoms with Crippen LogP contribution in [-0.2, 0) is 0 Å². The van der Waals surface area contributed by atoms with Crippen LogP contribution in [-0.4, -0.2) is 12.5 Å². The Balaban J connectivity index is 1.69. The Kier molecular flexibility index (Phi) is 5.47. The lowest BCUT2D eigenvalue weighted by molar-refractivity contribution is 0.0975. The molecule has 148 valence electrons. The summed E-state index contributed by atoms with van der Waals surface area (Å²) in [6, 6.07) is 21.1. The number of nitrogens with zero attached hydrogens (tertiary/aromatic N) is 1. The first-order valence-corrected chi connectivity index (χ1v) is 9.85. The van der Waals surface area contributed by atoms with E-state index in [1.165, 1.54) is 12.1 Å². The van der Waals surface area contributed by atoms with Crippen LogP contribution in [0, 0.1) is 5.82 Å². The summed E-state index contributed by atoms with van der Waals surface area (Å²) in [6.45, 7) is 2.81. The maximum atomic E-state index is 13.4. The van der Waals surface area contributed by atoms with Gasteiger partial charge in [0.1, 0.15) is 17.7 Å². The average Bonchev–Trinajstić information content (AvgIpc) is 2.75. The highest BCUT2D eigenvalue weighted by Gasteiger charge is 2.33. The van der Waals surface area contributed by atoms with Crippen molar-refractivity contribution in [2.75, 3.05) is 16.8 Å². The van der Waals surface area contributed by atoms with Crippen molar-refractivity contribution in [2.45, 2.75) is 25.9 Å². The fraction of sp³-hybridized carbons (Fsp3) is 0.208. The molecule has 4 nitrogen and oxygen atoms in total. The average molecular weight is 390 g/mol. The number of rotatable bonds is 6.